The summed E-state index contributed by atoms with van der Waals surface area (Å²) in [5, 5.41) is 6.87. The Bertz CT molecular complexity index is 450. The molecule has 0 spiro atoms. The summed E-state index contributed by atoms with van der Waals surface area (Å²) >= 11 is 0. The highest BCUT2D eigenvalue weighted by Gasteiger charge is 2.28. The van der Waals surface area contributed by atoms with E-state index < -0.39 is 0 Å². The molecule has 0 unspecified atom stereocenters. The Kier molecular flexibility index (Phi) is 3.58. The van der Waals surface area contributed by atoms with E-state index in [0.717, 1.165) is 42.0 Å². The van der Waals surface area contributed by atoms with E-state index in [0.29, 0.717) is 5.92 Å². The molecule has 2 saturated carbocycles. The van der Waals surface area contributed by atoms with Gasteiger partial charge in [-0.2, -0.15) is 0 Å². The van der Waals surface area contributed by atoms with E-state index in [9.17, 15) is 0 Å². The SMILES string of the molecule is CCNc1nc(C2CC2)nc(NCCC2CC2)c1C. The normalized spacial score (nSPS) is 18.4. The standard InChI is InChI=1S/C15H24N4/c1-3-16-13-10(2)14(17-9-8-11-4-5-11)19-15(18-13)12-6-7-12/h11-12H,3-9H2,1-2H3,(H2,16,17,18,19). The van der Waals surface area contributed by atoms with E-state index in [2.05, 4.69) is 29.5 Å². The quantitative estimate of drug-likeness (QED) is 0.789. The number of hydrogen-bond acceptors (Lipinski definition) is 4. The van der Waals surface area contributed by atoms with Crippen LogP contribution < -0.4 is 10.6 Å². The van der Waals surface area contributed by atoms with Gasteiger partial charge < -0.3 is 10.6 Å². The molecule has 1 heterocycles. The molecule has 4 heteroatoms. The summed E-state index contributed by atoms with van der Waals surface area (Å²) in [7, 11) is 0. The lowest BCUT2D eigenvalue weighted by Crippen LogP contribution is -2.12. The maximum absolute atomic E-state index is 4.73. The number of nitrogens with one attached hydrogen (secondary N) is 2. The average molecular weight is 260 g/mol. The van der Waals surface area contributed by atoms with Crippen LogP contribution >= 0.6 is 0 Å². The van der Waals surface area contributed by atoms with Crippen molar-refractivity contribution in [3.8, 4) is 0 Å². The van der Waals surface area contributed by atoms with E-state index >= 15 is 0 Å². The van der Waals surface area contributed by atoms with Crippen LogP contribution in [0.3, 0.4) is 0 Å². The van der Waals surface area contributed by atoms with Crippen LogP contribution in [-0.4, -0.2) is 23.1 Å². The first-order valence-corrected chi connectivity index (χ1v) is 7.64. The maximum atomic E-state index is 4.73. The van der Waals surface area contributed by atoms with Crippen LogP contribution in [0.5, 0.6) is 0 Å². The summed E-state index contributed by atoms with van der Waals surface area (Å²) in [6.07, 6.45) is 6.60. The second kappa shape index (κ2) is 5.35. The van der Waals surface area contributed by atoms with E-state index in [1.165, 1.54) is 32.1 Å². The highest BCUT2D eigenvalue weighted by molar-refractivity contribution is 5.57. The minimum atomic E-state index is 0.599. The molecule has 104 valence electrons. The van der Waals surface area contributed by atoms with Crippen molar-refractivity contribution in [2.24, 2.45) is 5.92 Å². The van der Waals surface area contributed by atoms with Gasteiger partial charge in [0.25, 0.3) is 0 Å². The first kappa shape index (κ1) is 12.7. The minimum absolute atomic E-state index is 0.599. The predicted octanol–water partition coefficient (Wildman–Crippen LogP) is 3.31. The molecule has 2 N–H and O–H groups in total. The Labute approximate surface area is 115 Å². The fourth-order valence-corrected chi connectivity index (χ4v) is 2.37. The third-order valence-corrected chi connectivity index (χ3v) is 3.99. The second-order valence-corrected chi connectivity index (χ2v) is 5.87. The van der Waals surface area contributed by atoms with Crippen molar-refractivity contribution >= 4 is 11.6 Å². The Morgan fingerprint density at radius 1 is 1.05 bits per heavy atom. The topological polar surface area (TPSA) is 49.8 Å². The van der Waals surface area contributed by atoms with Crippen LogP contribution in [0.15, 0.2) is 0 Å². The van der Waals surface area contributed by atoms with Gasteiger partial charge in [-0.15, -0.1) is 0 Å². The molecule has 0 saturated heterocycles. The monoisotopic (exact) mass is 260 g/mol. The number of anilines is 2. The van der Waals surface area contributed by atoms with E-state index in [-0.39, 0.29) is 0 Å². The highest BCUT2D eigenvalue weighted by Crippen LogP contribution is 2.39. The van der Waals surface area contributed by atoms with E-state index in [4.69, 9.17) is 4.98 Å². The van der Waals surface area contributed by atoms with E-state index in [1.54, 1.807) is 0 Å². The van der Waals surface area contributed by atoms with Gasteiger partial charge in [0.15, 0.2) is 0 Å². The van der Waals surface area contributed by atoms with Gasteiger partial charge in [-0.25, -0.2) is 9.97 Å². The van der Waals surface area contributed by atoms with Crippen LogP contribution in [0.25, 0.3) is 0 Å². The lowest BCUT2D eigenvalue weighted by atomic mass is 10.2. The fraction of sp³-hybridized carbons (Fsp3) is 0.733. The van der Waals surface area contributed by atoms with Crippen molar-refractivity contribution < 1.29 is 0 Å². The molecule has 2 aliphatic rings. The summed E-state index contributed by atoms with van der Waals surface area (Å²) in [4.78, 5) is 9.41. The lowest BCUT2D eigenvalue weighted by Gasteiger charge is -2.14. The van der Waals surface area contributed by atoms with Gasteiger partial charge in [0.2, 0.25) is 0 Å². The molecule has 0 atom stereocenters. The van der Waals surface area contributed by atoms with Crippen molar-refractivity contribution in [1.29, 1.82) is 0 Å². The van der Waals surface area contributed by atoms with Gasteiger partial charge in [0.05, 0.1) is 0 Å². The van der Waals surface area contributed by atoms with E-state index in [1.807, 2.05) is 0 Å². The Balaban J connectivity index is 1.74. The fourth-order valence-electron chi connectivity index (χ4n) is 2.37. The number of nitrogens with zero attached hydrogens (tertiary/aromatic N) is 2. The van der Waals surface area contributed by atoms with Crippen molar-refractivity contribution in [3.63, 3.8) is 0 Å². The van der Waals surface area contributed by atoms with Gasteiger partial charge in [-0.3, -0.25) is 0 Å². The van der Waals surface area contributed by atoms with Gasteiger partial charge in [-0.1, -0.05) is 12.8 Å². The molecule has 4 nitrogen and oxygen atoms in total. The summed E-state index contributed by atoms with van der Waals surface area (Å²) in [6, 6.07) is 0. The Morgan fingerprint density at radius 3 is 2.32 bits per heavy atom. The molecule has 0 aliphatic heterocycles. The van der Waals surface area contributed by atoms with Crippen LogP contribution in [-0.2, 0) is 0 Å². The van der Waals surface area contributed by atoms with Crippen molar-refractivity contribution in [1.82, 2.24) is 9.97 Å². The molecule has 1 aromatic rings. The van der Waals surface area contributed by atoms with Crippen LogP contribution in [0.4, 0.5) is 11.6 Å². The van der Waals surface area contributed by atoms with Crippen molar-refractivity contribution in [2.75, 3.05) is 23.7 Å². The van der Waals surface area contributed by atoms with Gasteiger partial charge in [0, 0.05) is 24.6 Å². The molecule has 0 bridgehead atoms. The molecule has 0 aromatic carbocycles. The molecule has 0 radical (unpaired) electrons. The first-order valence-electron chi connectivity index (χ1n) is 7.64. The van der Waals surface area contributed by atoms with Crippen LogP contribution in [0.1, 0.15) is 56.3 Å². The zero-order valence-electron chi connectivity index (χ0n) is 12.0. The highest BCUT2D eigenvalue weighted by atomic mass is 15.1. The van der Waals surface area contributed by atoms with Gasteiger partial charge in [-0.05, 0) is 39.0 Å². The number of hydrogen-bond donors (Lipinski definition) is 2. The molecule has 1 aromatic heterocycles. The lowest BCUT2D eigenvalue weighted by molar-refractivity contribution is 0.756. The summed E-state index contributed by atoms with van der Waals surface area (Å²) < 4.78 is 0. The molecule has 2 aliphatic carbocycles. The molecule has 3 rings (SSSR count). The summed E-state index contributed by atoms with van der Waals surface area (Å²) in [5.74, 6) is 4.63. The first-order chi connectivity index (χ1) is 9.28. The minimum Gasteiger partial charge on any atom is -0.370 e. The average Bonchev–Trinajstić information content (AvgIpc) is 3.27. The smallest absolute Gasteiger partial charge is 0.136 e. The van der Waals surface area contributed by atoms with Crippen LogP contribution in [0.2, 0.25) is 0 Å². The Hall–Kier alpha value is -1.32. The van der Waals surface area contributed by atoms with Crippen molar-refractivity contribution in [2.45, 2.75) is 51.9 Å². The largest absolute Gasteiger partial charge is 0.370 e. The van der Waals surface area contributed by atoms with Crippen molar-refractivity contribution in [3.05, 3.63) is 11.4 Å². The molecule has 19 heavy (non-hydrogen) atoms. The third-order valence-electron chi connectivity index (χ3n) is 3.99. The van der Waals surface area contributed by atoms with Crippen LogP contribution in [0, 0.1) is 12.8 Å². The zero-order valence-corrected chi connectivity index (χ0v) is 12.0. The molecule has 0 amide bonds. The third kappa shape index (κ3) is 3.17. The van der Waals surface area contributed by atoms with Gasteiger partial charge >= 0.3 is 0 Å². The molecular weight excluding hydrogens is 236 g/mol. The summed E-state index contributed by atoms with van der Waals surface area (Å²) in [5.41, 5.74) is 1.15. The predicted molar refractivity (Wildman–Crippen MR) is 78.7 cm³/mol. The Morgan fingerprint density at radius 2 is 1.74 bits per heavy atom. The van der Waals surface area contributed by atoms with Gasteiger partial charge in [0.1, 0.15) is 17.5 Å². The zero-order chi connectivity index (χ0) is 13.2. The number of aromatic nitrogens is 2. The molecular formula is C15H24N4. The number of rotatable bonds is 7. The second-order valence-electron chi connectivity index (χ2n) is 5.87. The maximum Gasteiger partial charge on any atom is 0.136 e. The summed E-state index contributed by atoms with van der Waals surface area (Å²) in [6.45, 7) is 6.16. The molecule has 2 fully saturated rings.